The molecule has 3 rings (SSSR count). The Hall–Kier alpha value is -1.96. The molecule has 2 aromatic carbocycles. The fourth-order valence-corrected chi connectivity index (χ4v) is 2.25. The molecule has 2 heteroatoms. The van der Waals surface area contributed by atoms with Gasteiger partial charge in [0.25, 0.3) is 0 Å². The van der Waals surface area contributed by atoms with Gasteiger partial charge in [0.2, 0.25) is 0 Å². The summed E-state index contributed by atoms with van der Waals surface area (Å²) in [7, 11) is 0. The molecule has 1 aliphatic rings. The van der Waals surface area contributed by atoms with Crippen molar-refractivity contribution in [1.82, 2.24) is 0 Å². The first-order chi connectivity index (χ1) is 8.34. The Morgan fingerprint density at radius 3 is 2.47 bits per heavy atom. The molecule has 0 spiro atoms. The predicted molar refractivity (Wildman–Crippen MR) is 69.3 cm³/mol. The monoisotopic (exact) mass is 225 g/mol. The zero-order chi connectivity index (χ0) is 11.7. The molecule has 1 heterocycles. The van der Waals surface area contributed by atoms with E-state index in [1.807, 2.05) is 42.5 Å². The summed E-state index contributed by atoms with van der Waals surface area (Å²) in [5.41, 5.74) is 2.29. The topological polar surface area (TPSA) is 21.3 Å². The molecule has 2 unspecified atom stereocenters. The third-order valence-corrected chi connectivity index (χ3v) is 3.11. The van der Waals surface area contributed by atoms with Crippen LogP contribution in [0.3, 0.4) is 0 Å². The van der Waals surface area contributed by atoms with E-state index >= 15 is 0 Å². The Kier molecular flexibility index (Phi) is 2.48. The maximum absolute atomic E-state index is 6.07. The van der Waals surface area contributed by atoms with Crippen LogP contribution in [0.2, 0.25) is 0 Å². The lowest BCUT2D eigenvalue weighted by Gasteiger charge is -2.33. The van der Waals surface area contributed by atoms with Crippen LogP contribution in [0.4, 0.5) is 5.69 Å². The van der Waals surface area contributed by atoms with Gasteiger partial charge >= 0.3 is 0 Å². The quantitative estimate of drug-likeness (QED) is 0.800. The first-order valence-electron chi connectivity index (χ1n) is 5.92. The van der Waals surface area contributed by atoms with Crippen LogP contribution in [0, 0.1) is 0 Å². The van der Waals surface area contributed by atoms with Gasteiger partial charge in [-0.3, -0.25) is 0 Å². The third-order valence-electron chi connectivity index (χ3n) is 3.11. The highest BCUT2D eigenvalue weighted by molar-refractivity contribution is 5.59. The Morgan fingerprint density at radius 1 is 0.941 bits per heavy atom. The van der Waals surface area contributed by atoms with Crippen LogP contribution in [-0.2, 0) is 0 Å². The van der Waals surface area contributed by atoms with Crippen LogP contribution in [0.5, 0.6) is 5.75 Å². The van der Waals surface area contributed by atoms with Gasteiger partial charge in [0.15, 0.2) is 0 Å². The van der Waals surface area contributed by atoms with E-state index in [-0.39, 0.29) is 12.1 Å². The Bertz CT molecular complexity index is 509. The number of para-hydroxylation sites is 2. The molecule has 0 bridgehead atoms. The smallest absolute Gasteiger partial charge is 0.144 e. The zero-order valence-corrected chi connectivity index (χ0v) is 9.76. The summed E-state index contributed by atoms with van der Waals surface area (Å²) in [4.78, 5) is 0. The second kappa shape index (κ2) is 4.13. The summed E-state index contributed by atoms with van der Waals surface area (Å²) in [6, 6.07) is 18.7. The molecule has 1 aliphatic heterocycles. The molecule has 0 aliphatic carbocycles. The second-order valence-corrected chi connectivity index (χ2v) is 4.38. The first kappa shape index (κ1) is 10.2. The SMILES string of the molecule is CC1Nc2ccccc2OC1c1ccccc1. The summed E-state index contributed by atoms with van der Waals surface area (Å²) in [6.45, 7) is 2.15. The highest BCUT2D eigenvalue weighted by Crippen LogP contribution is 2.36. The Labute approximate surface area is 101 Å². The van der Waals surface area contributed by atoms with Gasteiger partial charge in [0, 0.05) is 0 Å². The molecular weight excluding hydrogens is 210 g/mol. The fourth-order valence-electron chi connectivity index (χ4n) is 2.25. The standard InChI is InChI=1S/C15H15NO/c1-11-15(12-7-3-2-4-8-12)17-14-10-6-5-9-13(14)16-11/h2-11,15-16H,1H3. The van der Waals surface area contributed by atoms with Crippen molar-refractivity contribution in [3.05, 3.63) is 60.2 Å². The lowest BCUT2D eigenvalue weighted by molar-refractivity contribution is 0.177. The minimum absolute atomic E-state index is 0.0751. The molecule has 0 saturated carbocycles. The van der Waals surface area contributed by atoms with Gasteiger partial charge in [-0.15, -0.1) is 0 Å². The highest BCUT2D eigenvalue weighted by Gasteiger charge is 2.26. The Balaban J connectivity index is 1.95. The van der Waals surface area contributed by atoms with E-state index in [1.54, 1.807) is 0 Å². The van der Waals surface area contributed by atoms with Gasteiger partial charge in [-0.2, -0.15) is 0 Å². The van der Waals surface area contributed by atoms with E-state index in [4.69, 9.17) is 4.74 Å². The number of ether oxygens (including phenoxy) is 1. The van der Waals surface area contributed by atoms with Crippen molar-refractivity contribution in [2.24, 2.45) is 0 Å². The van der Waals surface area contributed by atoms with Crippen molar-refractivity contribution >= 4 is 5.69 Å². The zero-order valence-electron chi connectivity index (χ0n) is 9.76. The van der Waals surface area contributed by atoms with E-state index in [1.165, 1.54) is 5.56 Å². The van der Waals surface area contributed by atoms with Crippen molar-refractivity contribution in [2.75, 3.05) is 5.32 Å². The number of rotatable bonds is 1. The summed E-state index contributed by atoms with van der Waals surface area (Å²) in [5, 5.41) is 3.48. The number of anilines is 1. The largest absolute Gasteiger partial charge is 0.481 e. The molecule has 86 valence electrons. The lowest BCUT2D eigenvalue weighted by atomic mass is 10.0. The number of hydrogen-bond donors (Lipinski definition) is 1. The average Bonchev–Trinajstić information content (AvgIpc) is 2.39. The molecule has 17 heavy (non-hydrogen) atoms. The molecule has 1 N–H and O–H groups in total. The van der Waals surface area contributed by atoms with Crippen molar-refractivity contribution in [1.29, 1.82) is 0 Å². The van der Waals surface area contributed by atoms with Crippen molar-refractivity contribution in [2.45, 2.75) is 19.1 Å². The van der Waals surface area contributed by atoms with E-state index < -0.39 is 0 Å². The van der Waals surface area contributed by atoms with Crippen LogP contribution in [-0.4, -0.2) is 6.04 Å². The van der Waals surface area contributed by atoms with E-state index in [0.717, 1.165) is 11.4 Å². The summed E-state index contributed by atoms with van der Waals surface area (Å²) in [6.07, 6.45) is 0.0751. The normalized spacial score (nSPS) is 22.2. The molecule has 2 aromatic rings. The molecule has 0 saturated heterocycles. The first-order valence-corrected chi connectivity index (χ1v) is 5.92. The predicted octanol–water partition coefficient (Wildman–Crippen LogP) is 3.62. The average molecular weight is 225 g/mol. The van der Waals surface area contributed by atoms with E-state index in [2.05, 4.69) is 24.4 Å². The maximum Gasteiger partial charge on any atom is 0.144 e. The number of benzene rings is 2. The minimum Gasteiger partial charge on any atom is -0.481 e. The Morgan fingerprint density at radius 2 is 1.65 bits per heavy atom. The van der Waals surface area contributed by atoms with Gasteiger partial charge in [-0.25, -0.2) is 0 Å². The highest BCUT2D eigenvalue weighted by atomic mass is 16.5. The molecule has 0 aromatic heterocycles. The van der Waals surface area contributed by atoms with Gasteiger partial charge < -0.3 is 10.1 Å². The second-order valence-electron chi connectivity index (χ2n) is 4.38. The van der Waals surface area contributed by atoms with Crippen LogP contribution in [0.25, 0.3) is 0 Å². The van der Waals surface area contributed by atoms with Crippen LogP contribution in [0.15, 0.2) is 54.6 Å². The van der Waals surface area contributed by atoms with Gasteiger partial charge in [-0.05, 0) is 24.6 Å². The van der Waals surface area contributed by atoms with Gasteiger partial charge in [0.05, 0.1) is 11.7 Å². The molecular formula is C15H15NO. The minimum atomic E-state index is 0.0751. The van der Waals surface area contributed by atoms with E-state index in [0.29, 0.717) is 0 Å². The van der Waals surface area contributed by atoms with E-state index in [9.17, 15) is 0 Å². The van der Waals surface area contributed by atoms with Crippen LogP contribution >= 0.6 is 0 Å². The van der Waals surface area contributed by atoms with Crippen molar-refractivity contribution in [3.8, 4) is 5.75 Å². The maximum atomic E-state index is 6.07. The third kappa shape index (κ3) is 1.86. The number of hydrogen-bond acceptors (Lipinski definition) is 2. The molecule has 2 atom stereocenters. The van der Waals surface area contributed by atoms with Crippen LogP contribution < -0.4 is 10.1 Å². The summed E-state index contributed by atoms with van der Waals surface area (Å²) in [5.74, 6) is 0.930. The van der Waals surface area contributed by atoms with Crippen molar-refractivity contribution in [3.63, 3.8) is 0 Å². The molecule has 2 nitrogen and oxygen atoms in total. The van der Waals surface area contributed by atoms with Gasteiger partial charge in [0.1, 0.15) is 11.9 Å². The fraction of sp³-hybridized carbons (Fsp3) is 0.200. The number of nitrogens with one attached hydrogen (secondary N) is 1. The van der Waals surface area contributed by atoms with Gasteiger partial charge in [-0.1, -0.05) is 42.5 Å². The summed E-state index contributed by atoms with van der Waals surface area (Å²) < 4.78 is 6.07. The molecule has 0 amide bonds. The number of fused-ring (bicyclic) bond motifs is 1. The van der Waals surface area contributed by atoms with Crippen molar-refractivity contribution < 1.29 is 4.74 Å². The lowest BCUT2D eigenvalue weighted by Crippen LogP contribution is -2.32. The molecule has 0 fully saturated rings. The van der Waals surface area contributed by atoms with Crippen LogP contribution in [0.1, 0.15) is 18.6 Å². The summed E-state index contributed by atoms with van der Waals surface area (Å²) >= 11 is 0. The molecule has 0 radical (unpaired) electrons.